The van der Waals surface area contributed by atoms with Gasteiger partial charge in [-0.3, -0.25) is 14.2 Å². The summed E-state index contributed by atoms with van der Waals surface area (Å²) in [4.78, 5) is 17.6. The molecule has 3 aliphatic rings. The number of carbonyl (C=O) groups is 1. The summed E-state index contributed by atoms with van der Waals surface area (Å²) in [5.74, 6) is 3.14. The third-order valence-corrected chi connectivity index (χ3v) is 9.54. The standard InChI is InChI=1S/C28H40F2N2O/c1-3-4-21-18(12-14-29)6-8-23-22(21)11-13-28(2)24(23)9-10-25(28)27(33)17-32-16-19-5-7-20(30)15-26(19)31/h5,7,15-16,18,21-25H,3-4,6,8-14,17,31H2,1-2H3. The predicted octanol–water partition coefficient (Wildman–Crippen LogP) is 6.64. The third-order valence-electron chi connectivity index (χ3n) is 9.54. The molecule has 7 unspecified atom stereocenters. The van der Waals surface area contributed by atoms with Crippen molar-refractivity contribution in [1.29, 1.82) is 0 Å². The van der Waals surface area contributed by atoms with Crippen molar-refractivity contribution >= 4 is 17.7 Å². The van der Waals surface area contributed by atoms with E-state index in [1.807, 2.05) is 0 Å². The van der Waals surface area contributed by atoms with Crippen LogP contribution in [0, 0.1) is 46.7 Å². The van der Waals surface area contributed by atoms with Gasteiger partial charge in [0.05, 0.1) is 13.2 Å². The first-order chi connectivity index (χ1) is 15.9. The summed E-state index contributed by atoms with van der Waals surface area (Å²) >= 11 is 0. The molecular formula is C28H40F2N2O. The van der Waals surface area contributed by atoms with Gasteiger partial charge in [0, 0.05) is 23.4 Å². The van der Waals surface area contributed by atoms with Crippen LogP contribution in [0.3, 0.4) is 0 Å². The van der Waals surface area contributed by atoms with E-state index in [1.54, 1.807) is 12.3 Å². The van der Waals surface area contributed by atoms with Crippen LogP contribution in [0.1, 0.15) is 77.2 Å². The minimum Gasteiger partial charge on any atom is -0.398 e. The Morgan fingerprint density at radius 2 is 2.00 bits per heavy atom. The maximum Gasteiger partial charge on any atom is 0.157 e. The minimum absolute atomic E-state index is 0.0619. The zero-order chi connectivity index (χ0) is 23.6. The Labute approximate surface area is 197 Å². The van der Waals surface area contributed by atoms with Crippen LogP contribution in [0.5, 0.6) is 0 Å². The molecule has 0 amide bonds. The topological polar surface area (TPSA) is 55.5 Å². The molecule has 0 aromatic heterocycles. The maximum absolute atomic E-state index is 13.3. The molecule has 0 bridgehead atoms. The van der Waals surface area contributed by atoms with Crippen molar-refractivity contribution < 1.29 is 13.6 Å². The lowest BCUT2D eigenvalue weighted by atomic mass is 9.50. The van der Waals surface area contributed by atoms with Gasteiger partial charge in [0.25, 0.3) is 0 Å². The monoisotopic (exact) mass is 458 g/mol. The Balaban J connectivity index is 1.43. The molecule has 1 aromatic carbocycles. The molecule has 0 radical (unpaired) electrons. The number of rotatable bonds is 8. The van der Waals surface area contributed by atoms with Gasteiger partial charge < -0.3 is 5.73 Å². The number of alkyl halides is 1. The Morgan fingerprint density at radius 3 is 2.73 bits per heavy atom. The number of nitrogens with zero attached hydrogens (tertiary/aromatic N) is 1. The summed E-state index contributed by atoms with van der Waals surface area (Å²) < 4.78 is 26.5. The van der Waals surface area contributed by atoms with E-state index in [9.17, 15) is 13.6 Å². The van der Waals surface area contributed by atoms with E-state index in [0.717, 1.165) is 32.1 Å². The first-order valence-electron chi connectivity index (χ1n) is 13.0. The molecule has 3 aliphatic carbocycles. The first-order valence-corrected chi connectivity index (χ1v) is 13.0. The molecule has 3 nitrogen and oxygen atoms in total. The van der Waals surface area contributed by atoms with Gasteiger partial charge in [-0.2, -0.15) is 0 Å². The van der Waals surface area contributed by atoms with Gasteiger partial charge >= 0.3 is 0 Å². The quantitative estimate of drug-likeness (QED) is 0.351. The fourth-order valence-corrected chi connectivity index (χ4v) is 8.05. The highest BCUT2D eigenvalue weighted by Crippen LogP contribution is 2.63. The molecule has 0 spiro atoms. The molecule has 0 aliphatic heterocycles. The van der Waals surface area contributed by atoms with Gasteiger partial charge in [-0.25, -0.2) is 4.39 Å². The van der Waals surface area contributed by atoms with Gasteiger partial charge in [0.15, 0.2) is 5.78 Å². The summed E-state index contributed by atoms with van der Waals surface area (Å²) in [7, 11) is 0. The van der Waals surface area contributed by atoms with Crippen LogP contribution in [0.2, 0.25) is 0 Å². The lowest BCUT2D eigenvalue weighted by Gasteiger charge is -2.54. The highest BCUT2D eigenvalue weighted by atomic mass is 19.1. The number of nitrogens with two attached hydrogens (primary N) is 1. The molecule has 1 aromatic rings. The summed E-state index contributed by atoms with van der Waals surface area (Å²) in [6.07, 6.45) is 11.5. The van der Waals surface area contributed by atoms with E-state index < -0.39 is 0 Å². The van der Waals surface area contributed by atoms with E-state index in [-0.39, 0.29) is 36.2 Å². The Morgan fingerprint density at radius 1 is 1.18 bits per heavy atom. The van der Waals surface area contributed by atoms with E-state index in [0.29, 0.717) is 40.8 Å². The van der Waals surface area contributed by atoms with Crippen molar-refractivity contribution in [1.82, 2.24) is 0 Å². The second kappa shape index (κ2) is 10.2. The van der Waals surface area contributed by atoms with Crippen LogP contribution in [-0.4, -0.2) is 25.2 Å². The molecule has 7 atom stereocenters. The van der Waals surface area contributed by atoms with E-state index >= 15 is 0 Å². The molecule has 3 fully saturated rings. The van der Waals surface area contributed by atoms with Crippen LogP contribution >= 0.6 is 0 Å². The number of halogens is 2. The molecule has 33 heavy (non-hydrogen) atoms. The molecule has 0 saturated heterocycles. The van der Waals surface area contributed by atoms with E-state index in [1.165, 1.54) is 37.8 Å². The average Bonchev–Trinajstić information content (AvgIpc) is 3.14. The van der Waals surface area contributed by atoms with Crippen molar-refractivity contribution in [3.63, 3.8) is 0 Å². The Hall–Kier alpha value is -1.78. The van der Waals surface area contributed by atoms with Crippen LogP contribution < -0.4 is 5.73 Å². The van der Waals surface area contributed by atoms with Crippen molar-refractivity contribution in [3.8, 4) is 0 Å². The highest BCUT2D eigenvalue weighted by Gasteiger charge is 2.57. The summed E-state index contributed by atoms with van der Waals surface area (Å²) in [5, 5.41) is 0. The van der Waals surface area contributed by atoms with Gasteiger partial charge in [-0.15, -0.1) is 0 Å². The second-order valence-electron chi connectivity index (χ2n) is 11.1. The molecule has 3 saturated carbocycles. The fraction of sp³-hybridized carbons (Fsp3) is 0.714. The van der Waals surface area contributed by atoms with Crippen LogP contribution in [0.15, 0.2) is 23.2 Å². The molecule has 4 rings (SSSR count). The fourth-order valence-electron chi connectivity index (χ4n) is 8.05. The highest BCUT2D eigenvalue weighted by molar-refractivity contribution is 5.90. The van der Waals surface area contributed by atoms with Crippen LogP contribution in [0.25, 0.3) is 0 Å². The smallest absolute Gasteiger partial charge is 0.157 e. The normalized spacial score (nSPS) is 36.0. The summed E-state index contributed by atoms with van der Waals surface area (Å²) in [6, 6.07) is 4.23. The number of hydrogen-bond acceptors (Lipinski definition) is 3. The van der Waals surface area contributed by atoms with E-state index in [4.69, 9.17) is 5.73 Å². The number of Topliss-reactive ketones (excluding diaryl/α,β-unsaturated/α-hetero) is 1. The number of anilines is 1. The number of nitrogen functional groups attached to an aromatic ring is 1. The number of hydrogen-bond donors (Lipinski definition) is 1. The van der Waals surface area contributed by atoms with Crippen LogP contribution in [0.4, 0.5) is 14.5 Å². The number of benzene rings is 1. The van der Waals surface area contributed by atoms with Gasteiger partial charge in [-0.1, -0.05) is 26.7 Å². The number of ketones is 1. The largest absolute Gasteiger partial charge is 0.398 e. The van der Waals surface area contributed by atoms with Crippen molar-refractivity contribution in [2.24, 2.45) is 45.9 Å². The van der Waals surface area contributed by atoms with Crippen molar-refractivity contribution in [2.45, 2.75) is 71.6 Å². The van der Waals surface area contributed by atoms with Crippen molar-refractivity contribution in [3.05, 3.63) is 29.6 Å². The SMILES string of the molecule is CCCC1C(CCF)CCC2C1CCC1(C)C(C(=O)CN=Cc3ccc(F)cc3N)CCC21. The molecule has 0 heterocycles. The molecular weight excluding hydrogens is 418 g/mol. The van der Waals surface area contributed by atoms with Gasteiger partial charge in [-0.05, 0) is 98.1 Å². The Bertz CT molecular complexity index is 871. The zero-order valence-electron chi connectivity index (χ0n) is 20.2. The minimum atomic E-state index is -0.374. The molecule has 2 N–H and O–H groups in total. The van der Waals surface area contributed by atoms with Crippen LogP contribution in [-0.2, 0) is 4.79 Å². The number of carbonyl (C=O) groups excluding carboxylic acids is 1. The van der Waals surface area contributed by atoms with Gasteiger partial charge in [0.2, 0.25) is 0 Å². The lowest BCUT2D eigenvalue weighted by Crippen LogP contribution is -2.48. The average molecular weight is 459 g/mol. The van der Waals surface area contributed by atoms with Crippen molar-refractivity contribution in [2.75, 3.05) is 19.0 Å². The number of fused-ring (bicyclic) bond motifs is 3. The predicted molar refractivity (Wildman–Crippen MR) is 131 cm³/mol. The van der Waals surface area contributed by atoms with E-state index in [2.05, 4.69) is 18.8 Å². The molecule has 5 heteroatoms. The first kappa shape index (κ1) is 24.3. The second-order valence-corrected chi connectivity index (χ2v) is 11.1. The summed E-state index contributed by atoms with van der Waals surface area (Å²) in [6.45, 7) is 4.58. The van der Waals surface area contributed by atoms with Gasteiger partial charge in [0.1, 0.15) is 5.82 Å². The number of aliphatic imine (C=N–C) groups is 1. The Kier molecular flexibility index (Phi) is 7.55. The summed E-state index contributed by atoms with van der Waals surface area (Å²) in [5.41, 5.74) is 6.90. The maximum atomic E-state index is 13.3. The lowest BCUT2D eigenvalue weighted by molar-refractivity contribution is -0.128. The third kappa shape index (κ3) is 4.74. The molecule has 182 valence electrons. The zero-order valence-corrected chi connectivity index (χ0v) is 20.2.